The Kier molecular flexibility index (Phi) is 2.91. The molecule has 0 aliphatic heterocycles. The molecule has 0 saturated heterocycles. The average Bonchev–Trinajstić information content (AvgIpc) is 2.03. The number of nitrogens with zero attached hydrogens (tertiary/aromatic N) is 3. The van der Waals surface area contributed by atoms with E-state index >= 15 is 0 Å². The van der Waals surface area contributed by atoms with E-state index < -0.39 is 0 Å². The molecular weight excluding hydrogens is 182 g/mol. The van der Waals surface area contributed by atoms with Gasteiger partial charge in [0.1, 0.15) is 0 Å². The molecule has 0 N–H and O–H groups in total. The van der Waals surface area contributed by atoms with Gasteiger partial charge < -0.3 is 0 Å². The van der Waals surface area contributed by atoms with Crippen molar-refractivity contribution in [2.45, 2.75) is 31.3 Å². The minimum atomic E-state index is -0.229. The van der Waals surface area contributed by atoms with Crippen LogP contribution < -0.4 is 0 Å². The van der Waals surface area contributed by atoms with Crippen LogP contribution in [-0.2, 0) is 5.41 Å². The number of thiol groups is 1. The monoisotopic (exact) mass is 199 g/mol. The summed E-state index contributed by atoms with van der Waals surface area (Å²) < 4.78 is 0. The molecule has 74 valence electrons. The zero-order valence-corrected chi connectivity index (χ0v) is 9.76. The first-order valence-electron chi connectivity index (χ1n) is 4.29. The SMILES string of the molecule is C[SH](C)c1ncc(C(C)(C)C)nn1. The summed E-state index contributed by atoms with van der Waals surface area (Å²) in [6, 6.07) is 0. The molecule has 13 heavy (non-hydrogen) atoms. The van der Waals surface area contributed by atoms with Crippen LogP contribution in [0.2, 0.25) is 0 Å². The van der Waals surface area contributed by atoms with Crippen molar-refractivity contribution in [3.63, 3.8) is 0 Å². The van der Waals surface area contributed by atoms with E-state index in [1.54, 1.807) is 0 Å². The maximum Gasteiger partial charge on any atom is 0.188 e. The molecule has 0 aliphatic carbocycles. The average molecular weight is 199 g/mol. The molecule has 1 aromatic rings. The Balaban J connectivity index is 2.94. The quantitative estimate of drug-likeness (QED) is 0.701. The molecule has 0 unspecified atom stereocenters. The number of hydrogen-bond donors (Lipinski definition) is 1. The summed E-state index contributed by atoms with van der Waals surface area (Å²) in [5.74, 6) is 0. The molecule has 0 saturated carbocycles. The van der Waals surface area contributed by atoms with Crippen LogP contribution in [0.5, 0.6) is 0 Å². The highest BCUT2D eigenvalue weighted by atomic mass is 32.2. The van der Waals surface area contributed by atoms with E-state index in [4.69, 9.17) is 0 Å². The van der Waals surface area contributed by atoms with Crippen LogP contribution in [0.15, 0.2) is 11.4 Å². The summed E-state index contributed by atoms with van der Waals surface area (Å²) >= 11 is 0. The summed E-state index contributed by atoms with van der Waals surface area (Å²) in [6.45, 7) is 6.33. The van der Waals surface area contributed by atoms with Gasteiger partial charge in [0.05, 0.1) is 11.9 Å². The molecule has 1 heterocycles. The molecule has 1 rings (SSSR count). The summed E-state index contributed by atoms with van der Waals surface area (Å²) in [7, 11) is -0.229. The highest BCUT2D eigenvalue weighted by Crippen LogP contribution is 2.24. The molecule has 3 nitrogen and oxygen atoms in total. The molecule has 0 fully saturated rings. The summed E-state index contributed by atoms with van der Waals surface area (Å²) in [5, 5.41) is 9.17. The van der Waals surface area contributed by atoms with Crippen LogP contribution in [0.25, 0.3) is 0 Å². The molecule has 1 aromatic heterocycles. The zero-order chi connectivity index (χ0) is 10.1. The van der Waals surface area contributed by atoms with Crippen LogP contribution in [-0.4, -0.2) is 27.7 Å². The Morgan fingerprint density at radius 3 is 2.08 bits per heavy atom. The van der Waals surface area contributed by atoms with Gasteiger partial charge in [-0.2, -0.15) is 16.0 Å². The summed E-state index contributed by atoms with van der Waals surface area (Å²) in [4.78, 5) is 4.30. The maximum absolute atomic E-state index is 4.30. The molecule has 0 atom stereocenters. The van der Waals surface area contributed by atoms with Crippen molar-refractivity contribution in [2.75, 3.05) is 12.5 Å². The lowest BCUT2D eigenvalue weighted by Gasteiger charge is -2.16. The van der Waals surface area contributed by atoms with Crippen LogP contribution in [0.1, 0.15) is 26.5 Å². The minimum Gasteiger partial charge on any atom is -0.229 e. The van der Waals surface area contributed by atoms with Gasteiger partial charge >= 0.3 is 0 Å². The first-order valence-corrected chi connectivity index (χ1v) is 6.52. The third kappa shape index (κ3) is 2.66. The first-order chi connectivity index (χ1) is 5.91. The van der Waals surface area contributed by atoms with Crippen LogP contribution >= 0.6 is 10.9 Å². The molecule has 0 aliphatic rings. The Morgan fingerprint density at radius 2 is 1.77 bits per heavy atom. The van der Waals surface area contributed by atoms with E-state index in [1.807, 2.05) is 6.20 Å². The summed E-state index contributed by atoms with van der Waals surface area (Å²) in [6.07, 6.45) is 6.09. The van der Waals surface area contributed by atoms with Gasteiger partial charge in [-0.3, -0.25) is 0 Å². The topological polar surface area (TPSA) is 38.7 Å². The maximum atomic E-state index is 4.30. The smallest absolute Gasteiger partial charge is 0.188 e. The normalized spacial score (nSPS) is 12.8. The van der Waals surface area contributed by atoms with Gasteiger partial charge in [0.2, 0.25) is 0 Å². The van der Waals surface area contributed by atoms with E-state index in [-0.39, 0.29) is 16.3 Å². The molecule has 0 aromatic carbocycles. The Labute approximate surface area is 82.3 Å². The predicted octanol–water partition coefficient (Wildman–Crippen LogP) is 1.79. The Hall–Kier alpha value is -0.640. The van der Waals surface area contributed by atoms with Gasteiger partial charge in [0.25, 0.3) is 0 Å². The lowest BCUT2D eigenvalue weighted by atomic mass is 9.93. The van der Waals surface area contributed by atoms with Crippen LogP contribution in [0, 0.1) is 0 Å². The van der Waals surface area contributed by atoms with Crippen molar-refractivity contribution in [3.8, 4) is 0 Å². The minimum absolute atomic E-state index is 0.0444. The molecular formula is C9H17N3S. The third-order valence-corrected chi connectivity index (χ3v) is 2.72. The first kappa shape index (κ1) is 10.4. The van der Waals surface area contributed by atoms with Crippen molar-refractivity contribution in [3.05, 3.63) is 11.9 Å². The standard InChI is InChI=1S/C9H17N3S/c1-9(2,3)7-6-10-8(12-11-7)13(4)5/h6,13H,1-5H3. The lowest BCUT2D eigenvalue weighted by molar-refractivity contribution is 0.545. The van der Waals surface area contributed by atoms with E-state index in [9.17, 15) is 0 Å². The fraction of sp³-hybridized carbons (Fsp3) is 0.667. The van der Waals surface area contributed by atoms with Gasteiger partial charge in [-0.1, -0.05) is 20.8 Å². The second-order valence-electron chi connectivity index (χ2n) is 4.29. The van der Waals surface area contributed by atoms with Crippen molar-refractivity contribution in [1.82, 2.24) is 15.2 Å². The fourth-order valence-electron chi connectivity index (χ4n) is 0.818. The number of aromatic nitrogens is 3. The van der Waals surface area contributed by atoms with Crippen LogP contribution in [0.4, 0.5) is 0 Å². The molecule has 4 heteroatoms. The van der Waals surface area contributed by atoms with Gasteiger partial charge in [0.15, 0.2) is 5.16 Å². The van der Waals surface area contributed by atoms with Gasteiger partial charge in [-0.15, -0.1) is 5.10 Å². The molecule has 0 radical (unpaired) electrons. The van der Waals surface area contributed by atoms with Gasteiger partial charge in [-0.05, 0) is 12.5 Å². The Morgan fingerprint density at radius 1 is 1.15 bits per heavy atom. The van der Waals surface area contributed by atoms with E-state index in [0.717, 1.165) is 10.9 Å². The molecule has 0 spiro atoms. The fourth-order valence-corrected chi connectivity index (χ4v) is 1.33. The molecule has 0 bridgehead atoms. The largest absolute Gasteiger partial charge is 0.229 e. The third-order valence-electron chi connectivity index (χ3n) is 1.72. The number of rotatable bonds is 1. The van der Waals surface area contributed by atoms with E-state index in [2.05, 4.69) is 48.5 Å². The van der Waals surface area contributed by atoms with Gasteiger partial charge in [0, 0.05) is 5.41 Å². The van der Waals surface area contributed by atoms with Crippen molar-refractivity contribution in [2.24, 2.45) is 0 Å². The zero-order valence-electron chi connectivity index (χ0n) is 8.87. The lowest BCUT2D eigenvalue weighted by Crippen LogP contribution is -2.15. The second kappa shape index (κ2) is 3.62. The number of hydrogen-bond acceptors (Lipinski definition) is 3. The second-order valence-corrected chi connectivity index (χ2v) is 6.48. The van der Waals surface area contributed by atoms with E-state index in [1.165, 1.54) is 0 Å². The highest BCUT2D eigenvalue weighted by Gasteiger charge is 2.16. The van der Waals surface area contributed by atoms with Crippen molar-refractivity contribution in [1.29, 1.82) is 0 Å². The van der Waals surface area contributed by atoms with Crippen molar-refractivity contribution >= 4 is 10.9 Å². The van der Waals surface area contributed by atoms with Crippen LogP contribution in [0.3, 0.4) is 0 Å². The predicted molar refractivity (Wildman–Crippen MR) is 57.6 cm³/mol. The summed E-state index contributed by atoms with van der Waals surface area (Å²) in [5.41, 5.74) is 0.996. The van der Waals surface area contributed by atoms with Gasteiger partial charge in [-0.25, -0.2) is 4.98 Å². The highest BCUT2D eigenvalue weighted by molar-refractivity contribution is 8.15. The van der Waals surface area contributed by atoms with E-state index in [0.29, 0.717) is 0 Å². The Bertz CT molecular complexity index is 274. The molecule has 0 amide bonds. The van der Waals surface area contributed by atoms with Crippen molar-refractivity contribution < 1.29 is 0 Å².